The largest absolute Gasteiger partial charge is 0.374 e. The lowest BCUT2D eigenvalue weighted by Gasteiger charge is -2.28. The molecule has 19 heavy (non-hydrogen) atoms. The van der Waals surface area contributed by atoms with Crippen LogP contribution in [0.25, 0.3) is 0 Å². The van der Waals surface area contributed by atoms with Crippen LogP contribution in [0.5, 0.6) is 0 Å². The quantitative estimate of drug-likeness (QED) is 0.535. The van der Waals surface area contributed by atoms with Gasteiger partial charge in [-0.15, -0.1) is 0 Å². The van der Waals surface area contributed by atoms with Crippen LogP contribution < -0.4 is 0 Å². The highest BCUT2D eigenvalue weighted by Crippen LogP contribution is 2.23. The van der Waals surface area contributed by atoms with Gasteiger partial charge < -0.3 is 18.9 Å². The van der Waals surface area contributed by atoms with Crippen molar-refractivity contribution in [2.45, 2.75) is 38.4 Å². The van der Waals surface area contributed by atoms with Crippen LogP contribution in [-0.4, -0.2) is 38.3 Å². The van der Waals surface area contributed by atoms with Crippen LogP contribution in [0.1, 0.15) is 19.4 Å². The van der Waals surface area contributed by atoms with E-state index in [1.54, 1.807) is 7.11 Å². The molecule has 1 aliphatic heterocycles. The number of hydrogen-bond donors (Lipinski definition) is 0. The van der Waals surface area contributed by atoms with Crippen molar-refractivity contribution in [3.8, 4) is 0 Å². The zero-order chi connectivity index (χ0) is 13.7. The molecular weight excluding hydrogens is 244 g/mol. The molecule has 4 nitrogen and oxygen atoms in total. The van der Waals surface area contributed by atoms with Gasteiger partial charge in [-0.3, -0.25) is 0 Å². The van der Waals surface area contributed by atoms with E-state index in [1.165, 1.54) is 0 Å². The van der Waals surface area contributed by atoms with Crippen molar-refractivity contribution < 1.29 is 18.9 Å². The summed E-state index contributed by atoms with van der Waals surface area (Å²) in [6.07, 6.45) is 0.0452. The van der Waals surface area contributed by atoms with Gasteiger partial charge in [-0.1, -0.05) is 30.3 Å². The summed E-state index contributed by atoms with van der Waals surface area (Å²) >= 11 is 0. The minimum atomic E-state index is -0.618. The lowest BCUT2D eigenvalue weighted by atomic mass is 10.2. The van der Waals surface area contributed by atoms with E-state index in [9.17, 15) is 0 Å². The molecule has 0 saturated carbocycles. The van der Waals surface area contributed by atoms with Gasteiger partial charge in [0, 0.05) is 7.11 Å². The number of epoxide rings is 1. The molecule has 1 saturated heterocycles. The molecular formula is C15H22O4. The Morgan fingerprint density at radius 3 is 2.58 bits per heavy atom. The molecule has 0 radical (unpaired) electrons. The molecule has 106 valence electrons. The third-order valence-corrected chi connectivity index (χ3v) is 3.09. The van der Waals surface area contributed by atoms with Gasteiger partial charge in [0.2, 0.25) is 0 Å². The zero-order valence-electron chi connectivity index (χ0n) is 11.8. The lowest BCUT2D eigenvalue weighted by molar-refractivity contribution is -0.235. The van der Waals surface area contributed by atoms with Gasteiger partial charge in [0.1, 0.15) is 12.2 Å². The molecule has 1 aromatic rings. The SMILES string of the molecule is COC(C)(C)O[C@H](COCc1ccccc1)[C@H]1CO1. The van der Waals surface area contributed by atoms with E-state index in [0.29, 0.717) is 13.2 Å². The average molecular weight is 266 g/mol. The summed E-state index contributed by atoms with van der Waals surface area (Å²) < 4.78 is 22.2. The van der Waals surface area contributed by atoms with Crippen molar-refractivity contribution in [3.63, 3.8) is 0 Å². The summed E-state index contributed by atoms with van der Waals surface area (Å²) in [5.41, 5.74) is 1.16. The Hall–Kier alpha value is -0.940. The van der Waals surface area contributed by atoms with Crippen LogP contribution in [0.15, 0.2) is 30.3 Å². The number of methoxy groups -OCH3 is 1. The maximum absolute atomic E-state index is 5.88. The highest BCUT2D eigenvalue weighted by atomic mass is 16.7. The maximum Gasteiger partial charge on any atom is 0.162 e. The van der Waals surface area contributed by atoms with Gasteiger partial charge in [-0.05, 0) is 19.4 Å². The first-order chi connectivity index (χ1) is 9.11. The van der Waals surface area contributed by atoms with Crippen molar-refractivity contribution in [3.05, 3.63) is 35.9 Å². The van der Waals surface area contributed by atoms with E-state index in [-0.39, 0.29) is 12.2 Å². The van der Waals surface area contributed by atoms with Crippen molar-refractivity contribution in [1.29, 1.82) is 0 Å². The van der Waals surface area contributed by atoms with Gasteiger partial charge in [-0.2, -0.15) is 0 Å². The fraction of sp³-hybridized carbons (Fsp3) is 0.600. The van der Waals surface area contributed by atoms with Crippen molar-refractivity contribution in [2.75, 3.05) is 20.3 Å². The third-order valence-electron chi connectivity index (χ3n) is 3.09. The van der Waals surface area contributed by atoms with Gasteiger partial charge >= 0.3 is 0 Å². The second kappa shape index (κ2) is 6.48. The highest BCUT2D eigenvalue weighted by molar-refractivity contribution is 5.13. The second-order valence-electron chi connectivity index (χ2n) is 5.13. The Labute approximate surface area is 114 Å². The monoisotopic (exact) mass is 266 g/mol. The minimum Gasteiger partial charge on any atom is -0.374 e. The molecule has 0 N–H and O–H groups in total. The van der Waals surface area contributed by atoms with Gasteiger partial charge in [0.25, 0.3) is 0 Å². The van der Waals surface area contributed by atoms with E-state index < -0.39 is 5.79 Å². The number of benzene rings is 1. The molecule has 0 aliphatic carbocycles. The van der Waals surface area contributed by atoms with Gasteiger partial charge in [-0.25, -0.2) is 0 Å². The summed E-state index contributed by atoms with van der Waals surface area (Å²) in [5.74, 6) is -0.618. The minimum absolute atomic E-state index is 0.0846. The Balaban J connectivity index is 1.78. The predicted molar refractivity (Wildman–Crippen MR) is 71.8 cm³/mol. The predicted octanol–water partition coefficient (Wildman–Crippen LogP) is 2.37. The zero-order valence-corrected chi connectivity index (χ0v) is 11.8. The second-order valence-corrected chi connectivity index (χ2v) is 5.13. The molecule has 0 amide bonds. The van der Waals surface area contributed by atoms with E-state index in [1.807, 2.05) is 44.2 Å². The molecule has 1 fully saturated rings. The van der Waals surface area contributed by atoms with Crippen molar-refractivity contribution >= 4 is 0 Å². The van der Waals surface area contributed by atoms with Gasteiger partial charge in [0.15, 0.2) is 5.79 Å². The first-order valence-corrected chi connectivity index (χ1v) is 6.57. The number of hydrogen-bond acceptors (Lipinski definition) is 4. The van der Waals surface area contributed by atoms with Crippen molar-refractivity contribution in [1.82, 2.24) is 0 Å². The standard InChI is InChI=1S/C15H22O4/c1-15(2,16-3)19-14(13-11-18-13)10-17-9-12-7-5-4-6-8-12/h4-8,13-14H,9-11H2,1-3H3/t13-,14-/m1/s1. The van der Waals surface area contributed by atoms with Crippen LogP contribution in [0.2, 0.25) is 0 Å². The Bertz CT molecular complexity index is 373. The maximum atomic E-state index is 5.88. The number of ether oxygens (including phenoxy) is 4. The molecule has 0 spiro atoms. The molecule has 1 aliphatic rings. The molecule has 2 rings (SSSR count). The molecule has 2 atom stereocenters. The topological polar surface area (TPSA) is 40.2 Å². The van der Waals surface area contributed by atoms with Crippen LogP contribution in [0.3, 0.4) is 0 Å². The summed E-state index contributed by atoms with van der Waals surface area (Å²) in [7, 11) is 1.63. The van der Waals surface area contributed by atoms with E-state index >= 15 is 0 Å². The first kappa shape index (κ1) is 14.5. The molecule has 1 aromatic carbocycles. The van der Waals surface area contributed by atoms with Crippen LogP contribution >= 0.6 is 0 Å². The molecule has 1 heterocycles. The number of rotatable bonds is 8. The van der Waals surface area contributed by atoms with Crippen molar-refractivity contribution in [2.24, 2.45) is 0 Å². The lowest BCUT2D eigenvalue weighted by Crippen LogP contribution is -2.37. The fourth-order valence-electron chi connectivity index (χ4n) is 1.77. The van der Waals surface area contributed by atoms with Crippen LogP contribution in [0.4, 0.5) is 0 Å². The molecule has 0 unspecified atom stereocenters. The normalized spacial score (nSPS) is 20.3. The molecule has 0 aromatic heterocycles. The highest BCUT2D eigenvalue weighted by Gasteiger charge is 2.37. The van der Waals surface area contributed by atoms with Crippen LogP contribution in [-0.2, 0) is 25.6 Å². The summed E-state index contributed by atoms with van der Waals surface area (Å²) in [4.78, 5) is 0. The third kappa shape index (κ3) is 4.91. The average Bonchev–Trinajstić information content (AvgIpc) is 3.23. The Morgan fingerprint density at radius 2 is 2.00 bits per heavy atom. The van der Waals surface area contributed by atoms with Gasteiger partial charge in [0.05, 0.1) is 19.8 Å². The van der Waals surface area contributed by atoms with E-state index in [2.05, 4.69) is 0 Å². The summed E-state index contributed by atoms with van der Waals surface area (Å²) in [5, 5.41) is 0. The smallest absolute Gasteiger partial charge is 0.162 e. The molecule has 0 bridgehead atoms. The van der Waals surface area contributed by atoms with E-state index in [4.69, 9.17) is 18.9 Å². The Morgan fingerprint density at radius 1 is 1.32 bits per heavy atom. The fourth-order valence-corrected chi connectivity index (χ4v) is 1.77. The van der Waals surface area contributed by atoms with Crippen LogP contribution in [0, 0.1) is 0 Å². The van der Waals surface area contributed by atoms with E-state index in [0.717, 1.165) is 12.2 Å². The summed E-state index contributed by atoms with van der Waals surface area (Å²) in [6, 6.07) is 10.1. The summed E-state index contributed by atoms with van der Waals surface area (Å²) in [6.45, 7) is 5.60. The first-order valence-electron chi connectivity index (χ1n) is 6.57. The molecule has 4 heteroatoms. The Kier molecular flexibility index (Phi) is 4.93.